The van der Waals surface area contributed by atoms with Gasteiger partial charge in [0.1, 0.15) is 23.8 Å². The zero-order valence-corrected chi connectivity index (χ0v) is 21.9. The topological polar surface area (TPSA) is 139 Å². The van der Waals surface area contributed by atoms with Gasteiger partial charge in [-0.25, -0.2) is 4.68 Å². The van der Waals surface area contributed by atoms with E-state index in [0.29, 0.717) is 24.8 Å². The van der Waals surface area contributed by atoms with E-state index in [9.17, 15) is 19.5 Å². The number of carbonyl (C=O) groups is 3. The van der Waals surface area contributed by atoms with E-state index >= 15 is 0 Å². The molecule has 3 N–H and O–H groups in total. The second kappa shape index (κ2) is 9.42. The summed E-state index contributed by atoms with van der Waals surface area (Å²) >= 11 is 0. The number of nitrogens with zero attached hydrogens (tertiary/aromatic N) is 4. The lowest BCUT2D eigenvalue weighted by atomic mass is 9.66. The lowest BCUT2D eigenvalue weighted by molar-refractivity contribution is -0.149. The summed E-state index contributed by atoms with van der Waals surface area (Å²) in [6, 6.07) is 15.2. The first kappa shape index (κ1) is 25.4. The van der Waals surface area contributed by atoms with E-state index in [1.54, 1.807) is 11.7 Å². The number of carbonyl (C=O) groups excluding carboxylic acids is 3. The summed E-state index contributed by atoms with van der Waals surface area (Å²) in [4.78, 5) is 42.8. The first-order chi connectivity index (χ1) is 18.8. The van der Waals surface area contributed by atoms with E-state index in [-0.39, 0.29) is 25.1 Å². The van der Waals surface area contributed by atoms with Crippen LogP contribution in [-0.2, 0) is 32.2 Å². The molecule has 3 saturated heterocycles. The number of amides is 3. The van der Waals surface area contributed by atoms with Gasteiger partial charge in [0.15, 0.2) is 0 Å². The summed E-state index contributed by atoms with van der Waals surface area (Å²) in [6.07, 6.45) is 1.35. The second-order valence-electron chi connectivity index (χ2n) is 10.9. The van der Waals surface area contributed by atoms with Crippen molar-refractivity contribution in [2.45, 2.75) is 56.1 Å². The van der Waals surface area contributed by atoms with E-state index in [0.717, 1.165) is 11.1 Å². The Morgan fingerprint density at radius 3 is 2.62 bits per heavy atom. The Morgan fingerprint density at radius 2 is 1.87 bits per heavy atom. The SMILES string of the molecule is CNC(=O)[C@@H]1[C@H]2C(=O)N([C@@H](CO)Cc3ccccc3)C(C(=O)NCn3nnc4ccccc43)C23CC[C@@]1(C)O3. The van der Waals surface area contributed by atoms with Crippen LogP contribution in [0.5, 0.6) is 0 Å². The zero-order chi connectivity index (χ0) is 27.4. The summed E-state index contributed by atoms with van der Waals surface area (Å²) in [5, 5.41) is 24.4. The van der Waals surface area contributed by atoms with Crippen LogP contribution in [-0.4, -0.2) is 79.7 Å². The summed E-state index contributed by atoms with van der Waals surface area (Å²) < 4.78 is 8.17. The van der Waals surface area contributed by atoms with Crippen LogP contribution in [0.2, 0.25) is 0 Å². The van der Waals surface area contributed by atoms with Crippen molar-refractivity contribution in [3.63, 3.8) is 0 Å². The fourth-order valence-corrected chi connectivity index (χ4v) is 7.03. The van der Waals surface area contributed by atoms with Crippen LogP contribution < -0.4 is 10.6 Å². The Hall–Kier alpha value is -3.83. The van der Waals surface area contributed by atoms with Gasteiger partial charge in [-0.15, -0.1) is 5.10 Å². The summed E-state index contributed by atoms with van der Waals surface area (Å²) in [5.74, 6) is -2.61. The number of hydrogen-bond acceptors (Lipinski definition) is 7. The standard InChI is InChI=1S/C28H32N6O5/c1-27-12-13-28(39-27)22(21(27)24(36)29-2)26(38)34(18(15-35)14-17-8-4-3-5-9-17)23(28)25(37)30-16-33-20-11-7-6-10-19(20)31-32-33/h3-11,18,21-23,35H,12-16H2,1-2H3,(H,29,36)(H,30,37)/t18-,21+,22+,23?,27-,28?/m1/s1. The third-order valence-corrected chi connectivity index (χ3v) is 8.73. The highest BCUT2D eigenvalue weighted by atomic mass is 16.5. The highest BCUT2D eigenvalue weighted by Crippen LogP contribution is 2.63. The highest BCUT2D eigenvalue weighted by molar-refractivity contribution is 5.99. The van der Waals surface area contributed by atoms with Crippen LogP contribution in [0.4, 0.5) is 0 Å². The van der Waals surface area contributed by atoms with Gasteiger partial charge in [-0.05, 0) is 43.9 Å². The Morgan fingerprint density at radius 1 is 1.13 bits per heavy atom. The Labute approximate surface area is 225 Å². The van der Waals surface area contributed by atoms with E-state index in [1.165, 1.54) is 4.90 Å². The quantitative estimate of drug-likeness (QED) is 0.387. The number of rotatable bonds is 8. The van der Waals surface area contributed by atoms with Crippen LogP contribution in [0.3, 0.4) is 0 Å². The molecular formula is C28H32N6O5. The van der Waals surface area contributed by atoms with E-state index in [4.69, 9.17) is 4.74 Å². The molecule has 2 bridgehead atoms. The highest BCUT2D eigenvalue weighted by Gasteiger charge is 2.78. The Kier molecular flexibility index (Phi) is 6.15. The second-order valence-corrected chi connectivity index (χ2v) is 10.9. The van der Waals surface area contributed by atoms with Crippen molar-refractivity contribution in [1.82, 2.24) is 30.5 Å². The number of ether oxygens (including phenoxy) is 1. The van der Waals surface area contributed by atoms with Gasteiger partial charge in [-0.3, -0.25) is 14.4 Å². The molecule has 3 aromatic rings. The lowest BCUT2D eigenvalue weighted by Crippen LogP contribution is -2.58. The molecule has 4 heterocycles. The number of nitrogens with one attached hydrogen (secondary N) is 2. The number of aliphatic hydroxyl groups is 1. The number of fused-ring (bicyclic) bond motifs is 2. The lowest BCUT2D eigenvalue weighted by Gasteiger charge is -2.37. The Bertz CT molecular complexity index is 1430. The largest absolute Gasteiger partial charge is 0.394 e. The molecular weight excluding hydrogens is 500 g/mol. The van der Waals surface area contributed by atoms with Gasteiger partial charge >= 0.3 is 0 Å². The average molecular weight is 533 g/mol. The molecule has 3 aliphatic heterocycles. The van der Waals surface area contributed by atoms with Crippen molar-refractivity contribution < 1.29 is 24.2 Å². The number of hydrogen-bond donors (Lipinski definition) is 3. The van der Waals surface area contributed by atoms with Crippen molar-refractivity contribution in [3.8, 4) is 0 Å². The molecule has 1 spiro atoms. The Balaban J connectivity index is 1.37. The number of aliphatic hydroxyl groups excluding tert-OH is 1. The van der Waals surface area contributed by atoms with E-state index in [2.05, 4.69) is 20.9 Å². The summed E-state index contributed by atoms with van der Waals surface area (Å²) in [5.41, 5.74) is 0.344. The minimum absolute atomic E-state index is 0.0389. The van der Waals surface area contributed by atoms with Crippen LogP contribution >= 0.6 is 0 Å². The van der Waals surface area contributed by atoms with E-state index in [1.807, 2.05) is 61.5 Å². The average Bonchev–Trinajstić information content (AvgIpc) is 3.66. The van der Waals surface area contributed by atoms with Crippen molar-refractivity contribution in [2.75, 3.05) is 13.7 Å². The van der Waals surface area contributed by atoms with Crippen LogP contribution in [0.15, 0.2) is 54.6 Å². The fourth-order valence-electron chi connectivity index (χ4n) is 7.03. The maximum absolute atomic E-state index is 14.2. The first-order valence-electron chi connectivity index (χ1n) is 13.3. The third kappa shape index (κ3) is 3.82. The molecule has 2 aromatic carbocycles. The molecule has 3 fully saturated rings. The van der Waals surface area contributed by atoms with Crippen LogP contribution in [0, 0.1) is 11.8 Å². The van der Waals surface area contributed by atoms with Crippen molar-refractivity contribution >= 4 is 28.8 Å². The van der Waals surface area contributed by atoms with Crippen molar-refractivity contribution in [3.05, 3.63) is 60.2 Å². The van der Waals surface area contributed by atoms with E-state index < -0.39 is 41.0 Å². The maximum Gasteiger partial charge on any atom is 0.247 e. The molecule has 6 rings (SSSR count). The molecule has 0 saturated carbocycles. The van der Waals surface area contributed by atoms with Crippen LogP contribution in [0.25, 0.3) is 11.0 Å². The minimum atomic E-state index is -1.18. The fraction of sp³-hybridized carbons (Fsp3) is 0.464. The van der Waals surface area contributed by atoms with Gasteiger partial charge in [0, 0.05) is 7.05 Å². The van der Waals surface area contributed by atoms with Gasteiger partial charge in [0.25, 0.3) is 0 Å². The predicted octanol–water partition coefficient (Wildman–Crippen LogP) is 0.619. The summed E-state index contributed by atoms with van der Waals surface area (Å²) in [6.45, 7) is 1.54. The van der Waals surface area contributed by atoms with Gasteiger partial charge in [-0.1, -0.05) is 47.7 Å². The molecule has 204 valence electrons. The molecule has 11 nitrogen and oxygen atoms in total. The minimum Gasteiger partial charge on any atom is -0.394 e. The van der Waals surface area contributed by atoms with Gasteiger partial charge in [-0.2, -0.15) is 0 Å². The number of para-hydroxylation sites is 1. The molecule has 3 aliphatic rings. The van der Waals surface area contributed by atoms with Gasteiger partial charge in [0.05, 0.1) is 35.6 Å². The molecule has 2 unspecified atom stereocenters. The number of aromatic nitrogens is 3. The van der Waals surface area contributed by atoms with Crippen molar-refractivity contribution in [2.24, 2.45) is 11.8 Å². The molecule has 11 heteroatoms. The zero-order valence-electron chi connectivity index (χ0n) is 21.9. The third-order valence-electron chi connectivity index (χ3n) is 8.73. The molecule has 3 amide bonds. The van der Waals surface area contributed by atoms with Gasteiger partial charge in [0.2, 0.25) is 17.7 Å². The maximum atomic E-state index is 14.2. The predicted molar refractivity (Wildman–Crippen MR) is 140 cm³/mol. The van der Waals surface area contributed by atoms with Crippen molar-refractivity contribution in [1.29, 1.82) is 0 Å². The molecule has 0 aliphatic carbocycles. The first-order valence-corrected chi connectivity index (χ1v) is 13.3. The summed E-state index contributed by atoms with van der Waals surface area (Å²) in [7, 11) is 1.54. The molecule has 39 heavy (non-hydrogen) atoms. The number of benzene rings is 2. The molecule has 1 aromatic heterocycles. The monoisotopic (exact) mass is 532 g/mol. The smallest absolute Gasteiger partial charge is 0.247 e. The molecule has 0 radical (unpaired) electrons. The van der Waals surface area contributed by atoms with Gasteiger partial charge < -0.3 is 25.4 Å². The normalized spacial score (nSPS) is 30.0. The number of likely N-dealkylation sites (tertiary alicyclic amines) is 1. The van der Waals surface area contributed by atoms with Crippen LogP contribution in [0.1, 0.15) is 25.3 Å². The molecule has 6 atom stereocenters.